The zero-order chi connectivity index (χ0) is 14.6. The number of rotatable bonds is 4. The number of methoxy groups -OCH3 is 1. The van der Waals surface area contributed by atoms with Gasteiger partial charge in [-0.05, 0) is 6.07 Å². The first kappa shape index (κ1) is 14.4. The number of anilines is 1. The van der Waals surface area contributed by atoms with Crippen LogP contribution in [-0.2, 0) is 9.53 Å². The predicted octanol–water partition coefficient (Wildman–Crippen LogP) is 0.792. The number of nitrogens with zero attached hydrogens (tertiary/aromatic N) is 2. The van der Waals surface area contributed by atoms with Gasteiger partial charge in [0.15, 0.2) is 0 Å². The van der Waals surface area contributed by atoms with Crippen molar-refractivity contribution in [3.8, 4) is 0 Å². The highest BCUT2D eigenvalue weighted by atomic mass is 19.1. The molecule has 0 unspecified atom stereocenters. The van der Waals surface area contributed by atoms with E-state index in [2.05, 4.69) is 4.74 Å². The van der Waals surface area contributed by atoms with Crippen LogP contribution in [-0.4, -0.2) is 30.6 Å². The number of nitro benzene ring substituents is 1. The maximum absolute atomic E-state index is 13.1. The molecule has 2 amide bonds. The summed E-state index contributed by atoms with van der Waals surface area (Å²) in [6.45, 7) is -0.657. The molecular weight excluding hydrogens is 261 g/mol. The molecule has 0 aliphatic rings. The van der Waals surface area contributed by atoms with Crippen LogP contribution in [0, 0.1) is 15.9 Å². The molecule has 1 aromatic carbocycles. The number of halogens is 1. The smallest absolute Gasteiger partial charge is 0.325 e. The summed E-state index contributed by atoms with van der Waals surface area (Å²) in [6, 6.07) is 1.34. The molecule has 1 rings (SSSR count). The Balaban J connectivity index is 3.28. The fraction of sp³-hybridized carbons (Fsp3) is 0.200. The van der Waals surface area contributed by atoms with E-state index in [1.807, 2.05) is 0 Å². The third kappa shape index (κ3) is 3.37. The van der Waals surface area contributed by atoms with Gasteiger partial charge in [-0.3, -0.25) is 19.8 Å². The summed E-state index contributed by atoms with van der Waals surface area (Å²) in [4.78, 5) is 32.9. The van der Waals surface area contributed by atoms with E-state index in [-0.39, 0.29) is 0 Å². The number of nitro groups is 1. The first-order valence-corrected chi connectivity index (χ1v) is 4.94. The van der Waals surface area contributed by atoms with E-state index >= 15 is 0 Å². The van der Waals surface area contributed by atoms with Crippen LogP contribution in [0.25, 0.3) is 0 Å². The predicted molar refractivity (Wildman–Crippen MR) is 62.0 cm³/mol. The van der Waals surface area contributed by atoms with Gasteiger partial charge in [-0.15, -0.1) is 0 Å². The van der Waals surface area contributed by atoms with Gasteiger partial charge in [-0.1, -0.05) is 0 Å². The number of esters is 1. The van der Waals surface area contributed by atoms with Crippen LogP contribution in [0.4, 0.5) is 20.6 Å². The summed E-state index contributed by atoms with van der Waals surface area (Å²) in [5.74, 6) is -1.66. The minimum atomic E-state index is -1.14. The number of carbonyl (C=O) groups excluding carboxylic acids is 2. The summed E-state index contributed by atoms with van der Waals surface area (Å²) in [7, 11) is 1.07. The van der Waals surface area contributed by atoms with Gasteiger partial charge in [0.25, 0.3) is 5.69 Å². The summed E-state index contributed by atoms with van der Waals surface area (Å²) in [5, 5.41) is 10.8. The Morgan fingerprint density at radius 2 is 2.16 bits per heavy atom. The summed E-state index contributed by atoms with van der Waals surface area (Å²) in [5.41, 5.74) is 4.06. The van der Waals surface area contributed by atoms with Crippen molar-refractivity contribution in [1.82, 2.24) is 0 Å². The number of nitrogens with two attached hydrogens (primary N) is 1. The lowest BCUT2D eigenvalue weighted by molar-refractivity contribution is -0.384. The summed E-state index contributed by atoms with van der Waals surface area (Å²) in [6.07, 6.45) is 0. The molecular formula is C10H10FN3O5. The van der Waals surface area contributed by atoms with Gasteiger partial charge in [0, 0.05) is 12.1 Å². The van der Waals surface area contributed by atoms with Gasteiger partial charge in [-0.25, -0.2) is 9.18 Å². The fourth-order valence-electron chi connectivity index (χ4n) is 1.34. The van der Waals surface area contributed by atoms with E-state index in [0.717, 1.165) is 25.3 Å². The zero-order valence-electron chi connectivity index (χ0n) is 9.83. The van der Waals surface area contributed by atoms with Crippen molar-refractivity contribution in [2.75, 3.05) is 18.6 Å². The second kappa shape index (κ2) is 5.76. The van der Waals surface area contributed by atoms with Crippen LogP contribution >= 0.6 is 0 Å². The SMILES string of the molecule is COC(=O)CN(C(N)=O)c1cc(F)ccc1[N+](=O)[O-]. The van der Waals surface area contributed by atoms with Crippen LogP contribution in [0.15, 0.2) is 18.2 Å². The number of benzene rings is 1. The standard InChI is InChI=1S/C10H10FN3O5/c1-19-9(15)5-13(10(12)16)8-4-6(11)2-3-7(8)14(17)18/h2-4H,5H2,1H3,(H2,12,16). The van der Waals surface area contributed by atoms with Crippen LogP contribution in [0.3, 0.4) is 0 Å². The third-order valence-electron chi connectivity index (χ3n) is 2.21. The Bertz CT molecular complexity index is 534. The molecule has 0 aliphatic carbocycles. The van der Waals surface area contributed by atoms with Gasteiger partial charge < -0.3 is 10.5 Å². The maximum atomic E-state index is 13.1. The molecule has 0 atom stereocenters. The van der Waals surface area contributed by atoms with Crippen molar-refractivity contribution in [3.05, 3.63) is 34.1 Å². The molecule has 102 valence electrons. The molecule has 8 nitrogen and oxygen atoms in total. The van der Waals surface area contributed by atoms with E-state index in [0.29, 0.717) is 4.90 Å². The second-order valence-electron chi connectivity index (χ2n) is 3.39. The van der Waals surface area contributed by atoms with Crippen molar-refractivity contribution in [3.63, 3.8) is 0 Å². The van der Waals surface area contributed by atoms with Gasteiger partial charge >= 0.3 is 12.0 Å². The van der Waals surface area contributed by atoms with Crippen molar-refractivity contribution in [2.45, 2.75) is 0 Å². The Labute approximate surface area is 106 Å². The average molecular weight is 271 g/mol. The lowest BCUT2D eigenvalue weighted by Gasteiger charge is -2.18. The molecule has 0 aromatic heterocycles. The van der Waals surface area contributed by atoms with Gasteiger partial charge in [-0.2, -0.15) is 0 Å². The van der Waals surface area contributed by atoms with E-state index in [1.165, 1.54) is 0 Å². The second-order valence-corrected chi connectivity index (χ2v) is 3.39. The number of hydrogen-bond acceptors (Lipinski definition) is 5. The number of amides is 2. The average Bonchev–Trinajstić information content (AvgIpc) is 2.34. The quantitative estimate of drug-likeness (QED) is 0.493. The molecule has 0 bridgehead atoms. The molecule has 0 radical (unpaired) electrons. The molecule has 19 heavy (non-hydrogen) atoms. The van der Waals surface area contributed by atoms with Crippen LogP contribution in [0.5, 0.6) is 0 Å². The molecule has 0 heterocycles. The van der Waals surface area contributed by atoms with E-state index in [4.69, 9.17) is 5.73 Å². The Kier molecular flexibility index (Phi) is 4.35. The summed E-state index contributed by atoms with van der Waals surface area (Å²) < 4.78 is 17.5. The van der Waals surface area contributed by atoms with Gasteiger partial charge in [0.05, 0.1) is 12.0 Å². The highest BCUT2D eigenvalue weighted by Gasteiger charge is 2.25. The summed E-state index contributed by atoms with van der Waals surface area (Å²) >= 11 is 0. The van der Waals surface area contributed by atoms with Gasteiger partial charge in [0.1, 0.15) is 18.0 Å². The fourth-order valence-corrected chi connectivity index (χ4v) is 1.34. The Morgan fingerprint density at radius 3 is 2.63 bits per heavy atom. The minimum Gasteiger partial charge on any atom is -0.468 e. The van der Waals surface area contributed by atoms with Crippen molar-refractivity contribution in [1.29, 1.82) is 0 Å². The number of ether oxygens (including phenoxy) is 1. The zero-order valence-corrected chi connectivity index (χ0v) is 9.83. The van der Waals surface area contributed by atoms with Crippen molar-refractivity contribution < 1.29 is 23.6 Å². The highest BCUT2D eigenvalue weighted by Crippen LogP contribution is 2.28. The molecule has 0 aliphatic heterocycles. The number of urea groups is 1. The minimum absolute atomic E-state index is 0.414. The number of primary amides is 1. The molecule has 9 heteroatoms. The first-order chi connectivity index (χ1) is 8.86. The molecule has 2 N–H and O–H groups in total. The van der Waals surface area contributed by atoms with Crippen LogP contribution in [0.1, 0.15) is 0 Å². The maximum Gasteiger partial charge on any atom is 0.325 e. The topological polar surface area (TPSA) is 116 Å². The molecule has 0 fully saturated rings. The lowest BCUT2D eigenvalue weighted by atomic mass is 10.2. The van der Waals surface area contributed by atoms with E-state index in [9.17, 15) is 24.1 Å². The molecule has 1 aromatic rings. The van der Waals surface area contributed by atoms with Gasteiger partial charge in [0.2, 0.25) is 0 Å². The normalized spacial score (nSPS) is 9.79. The molecule has 0 saturated carbocycles. The number of carbonyl (C=O) groups is 2. The largest absolute Gasteiger partial charge is 0.468 e. The highest BCUT2D eigenvalue weighted by molar-refractivity contribution is 5.97. The monoisotopic (exact) mass is 271 g/mol. The van der Waals surface area contributed by atoms with Crippen molar-refractivity contribution in [2.24, 2.45) is 5.73 Å². The van der Waals surface area contributed by atoms with E-state index < -0.39 is 40.7 Å². The lowest BCUT2D eigenvalue weighted by Crippen LogP contribution is -2.40. The third-order valence-corrected chi connectivity index (χ3v) is 2.21. The van der Waals surface area contributed by atoms with Crippen LogP contribution < -0.4 is 10.6 Å². The Morgan fingerprint density at radius 1 is 1.53 bits per heavy atom. The first-order valence-electron chi connectivity index (χ1n) is 4.94. The van der Waals surface area contributed by atoms with E-state index in [1.54, 1.807) is 0 Å². The Hall–Kier alpha value is -2.71. The molecule has 0 saturated heterocycles. The van der Waals surface area contributed by atoms with Crippen LogP contribution in [0.2, 0.25) is 0 Å². The molecule has 0 spiro atoms. The van der Waals surface area contributed by atoms with Crippen molar-refractivity contribution >= 4 is 23.4 Å². The number of hydrogen-bond donors (Lipinski definition) is 1.